The summed E-state index contributed by atoms with van der Waals surface area (Å²) in [4.78, 5) is 10.4. The lowest BCUT2D eigenvalue weighted by Crippen LogP contribution is -2.13. The predicted molar refractivity (Wildman–Crippen MR) is 71.8 cm³/mol. The first-order valence-electron chi connectivity index (χ1n) is 5.81. The van der Waals surface area contributed by atoms with Gasteiger partial charge in [0.25, 0.3) is 10.0 Å². The van der Waals surface area contributed by atoms with Crippen LogP contribution in [0.15, 0.2) is 35.5 Å². The molecule has 0 atom stereocenters. The minimum Gasteiger partial charge on any atom is -0.480 e. The zero-order valence-electron chi connectivity index (χ0n) is 10.9. The zero-order chi connectivity index (χ0) is 15.6. The highest BCUT2D eigenvalue weighted by Crippen LogP contribution is 2.18. The topological polar surface area (TPSA) is 101 Å². The number of halogens is 1. The molecule has 0 aliphatic heterocycles. The van der Waals surface area contributed by atoms with Crippen LogP contribution < -0.4 is 4.72 Å². The lowest BCUT2D eigenvalue weighted by atomic mass is 10.2. The fourth-order valence-corrected chi connectivity index (χ4v) is 2.63. The Morgan fingerprint density at radius 2 is 2.19 bits per heavy atom. The molecule has 0 aliphatic rings. The summed E-state index contributed by atoms with van der Waals surface area (Å²) < 4.78 is 40.6. The summed E-state index contributed by atoms with van der Waals surface area (Å²) in [5.74, 6) is -1.57. The second-order valence-electron chi connectivity index (χ2n) is 4.34. The summed E-state index contributed by atoms with van der Waals surface area (Å²) in [5.41, 5.74) is 0.511. The molecule has 0 unspecified atom stereocenters. The monoisotopic (exact) mass is 313 g/mol. The molecule has 1 aromatic heterocycles. The Hall–Kier alpha value is -2.42. The number of aromatic nitrogens is 2. The molecule has 0 radical (unpaired) electrons. The second kappa shape index (κ2) is 5.52. The summed E-state index contributed by atoms with van der Waals surface area (Å²) in [6.07, 6.45) is 2.15. The predicted octanol–water partition coefficient (Wildman–Crippen LogP) is 1.22. The third-order valence-electron chi connectivity index (χ3n) is 2.63. The van der Waals surface area contributed by atoms with Crippen molar-refractivity contribution in [3.63, 3.8) is 0 Å². The van der Waals surface area contributed by atoms with E-state index in [-0.39, 0.29) is 10.6 Å². The number of hydrogen-bond donors (Lipinski definition) is 2. The number of rotatable bonds is 5. The van der Waals surface area contributed by atoms with Gasteiger partial charge in [-0.05, 0) is 30.7 Å². The molecule has 7 nitrogen and oxygen atoms in total. The molecule has 21 heavy (non-hydrogen) atoms. The van der Waals surface area contributed by atoms with Crippen molar-refractivity contribution < 1.29 is 22.7 Å². The Balaban J connectivity index is 2.23. The molecule has 9 heteroatoms. The molecule has 0 aliphatic carbocycles. The summed E-state index contributed by atoms with van der Waals surface area (Å²) in [5, 5.41) is 12.3. The smallest absolute Gasteiger partial charge is 0.325 e. The number of nitrogens with one attached hydrogen (secondary N) is 1. The van der Waals surface area contributed by atoms with Crippen LogP contribution >= 0.6 is 0 Å². The Kier molecular flexibility index (Phi) is 3.94. The number of carboxylic acids is 1. The van der Waals surface area contributed by atoms with Gasteiger partial charge >= 0.3 is 5.97 Å². The van der Waals surface area contributed by atoms with Crippen molar-refractivity contribution in [1.29, 1.82) is 0 Å². The summed E-state index contributed by atoms with van der Waals surface area (Å²) >= 11 is 0. The first kappa shape index (κ1) is 15.0. The first-order valence-corrected chi connectivity index (χ1v) is 7.29. The van der Waals surface area contributed by atoms with Crippen molar-refractivity contribution in [2.24, 2.45) is 0 Å². The van der Waals surface area contributed by atoms with Gasteiger partial charge in [-0.1, -0.05) is 0 Å². The Bertz CT molecular complexity index is 786. The van der Waals surface area contributed by atoms with Gasteiger partial charge in [0.15, 0.2) is 0 Å². The molecule has 2 rings (SSSR count). The first-order chi connectivity index (χ1) is 9.78. The number of hydrogen-bond acceptors (Lipinski definition) is 4. The van der Waals surface area contributed by atoms with E-state index in [9.17, 15) is 17.6 Å². The molecule has 0 saturated carbocycles. The van der Waals surface area contributed by atoms with Gasteiger partial charge in [0.05, 0.1) is 6.20 Å². The van der Waals surface area contributed by atoms with Crippen LogP contribution in [0.5, 0.6) is 0 Å². The van der Waals surface area contributed by atoms with Crippen LogP contribution in [-0.4, -0.2) is 29.3 Å². The Morgan fingerprint density at radius 1 is 1.48 bits per heavy atom. The van der Waals surface area contributed by atoms with Gasteiger partial charge in [0, 0.05) is 11.9 Å². The van der Waals surface area contributed by atoms with E-state index in [0.717, 1.165) is 23.1 Å². The number of anilines is 1. The van der Waals surface area contributed by atoms with Crippen molar-refractivity contribution in [2.45, 2.75) is 18.4 Å². The van der Waals surface area contributed by atoms with Gasteiger partial charge in [0.2, 0.25) is 0 Å². The molecule has 0 spiro atoms. The van der Waals surface area contributed by atoms with E-state index in [4.69, 9.17) is 5.11 Å². The molecule has 2 aromatic rings. The number of aliphatic carboxylic acids is 1. The Labute approximate surface area is 120 Å². The molecule has 2 N–H and O–H groups in total. The third-order valence-corrected chi connectivity index (χ3v) is 3.96. The highest BCUT2D eigenvalue weighted by atomic mass is 32.2. The van der Waals surface area contributed by atoms with E-state index >= 15 is 0 Å². The van der Waals surface area contributed by atoms with E-state index in [2.05, 4.69) is 9.82 Å². The lowest BCUT2D eigenvalue weighted by molar-refractivity contribution is -0.137. The maximum absolute atomic E-state index is 13.1. The number of carboxylic acid groups (broad SMARTS) is 1. The number of carbonyl (C=O) groups is 1. The van der Waals surface area contributed by atoms with Gasteiger partial charge in [-0.2, -0.15) is 5.10 Å². The molecule has 0 saturated heterocycles. The van der Waals surface area contributed by atoms with Crippen LogP contribution in [0.3, 0.4) is 0 Å². The van der Waals surface area contributed by atoms with Crippen LogP contribution in [-0.2, 0) is 21.4 Å². The van der Waals surface area contributed by atoms with Crippen LogP contribution in [0.1, 0.15) is 5.56 Å². The highest BCUT2D eigenvalue weighted by molar-refractivity contribution is 7.92. The van der Waals surface area contributed by atoms with Crippen molar-refractivity contribution in [3.05, 3.63) is 42.0 Å². The molecular weight excluding hydrogens is 301 g/mol. The van der Waals surface area contributed by atoms with Crippen molar-refractivity contribution in [2.75, 3.05) is 4.72 Å². The van der Waals surface area contributed by atoms with Crippen LogP contribution in [0.25, 0.3) is 0 Å². The minimum absolute atomic E-state index is 0.175. The number of nitrogens with zero attached hydrogens (tertiary/aromatic N) is 2. The van der Waals surface area contributed by atoms with Crippen molar-refractivity contribution >= 4 is 21.7 Å². The van der Waals surface area contributed by atoms with Crippen molar-refractivity contribution in [3.8, 4) is 0 Å². The number of benzene rings is 1. The maximum atomic E-state index is 13.1. The van der Waals surface area contributed by atoms with Gasteiger partial charge in [-0.3, -0.25) is 14.2 Å². The van der Waals surface area contributed by atoms with E-state index in [0.29, 0.717) is 5.56 Å². The van der Waals surface area contributed by atoms with Crippen molar-refractivity contribution in [1.82, 2.24) is 9.78 Å². The average molecular weight is 313 g/mol. The quantitative estimate of drug-likeness (QED) is 0.864. The fraction of sp³-hybridized carbons (Fsp3) is 0.167. The van der Waals surface area contributed by atoms with Crippen LogP contribution in [0.4, 0.5) is 10.1 Å². The Morgan fingerprint density at radius 3 is 2.81 bits per heavy atom. The van der Waals surface area contributed by atoms with Gasteiger partial charge in [-0.15, -0.1) is 0 Å². The normalized spacial score (nSPS) is 11.3. The van der Waals surface area contributed by atoms with E-state index in [1.54, 1.807) is 0 Å². The number of sulfonamides is 1. The van der Waals surface area contributed by atoms with Crippen LogP contribution in [0.2, 0.25) is 0 Å². The maximum Gasteiger partial charge on any atom is 0.325 e. The largest absolute Gasteiger partial charge is 0.480 e. The highest BCUT2D eigenvalue weighted by Gasteiger charge is 2.17. The molecule has 1 heterocycles. The van der Waals surface area contributed by atoms with E-state index < -0.39 is 28.4 Å². The van der Waals surface area contributed by atoms with E-state index in [1.807, 2.05) is 0 Å². The fourth-order valence-electron chi connectivity index (χ4n) is 1.63. The van der Waals surface area contributed by atoms with Gasteiger partial charge in [-0.25, -0.2) is 12.8 Å². The molecule has 0 bridgehead atoms. The SMILES string of the molecule is Cc1cc(NS(=O)(=O)c2cnn(CC(=O)O)c2)ccc1F. The molecule has 0 amide bonds. The average Bonchev–Trinajstić information content (AvgIpc) is 2.82. The van der Waals surface area contributed by atoms with Crippen LogP contribution in [0, 0.1) is 12.7 Å². The second-order valence-corrected chi connectivity index (χ2v) is 6.02. The molecular formula is C12H12FN3O4S. The standard InChI is InChI=1S/C12H12FN3O4S/c1-8-4-9(2-3-11(8)13)15-21(19,20)10-5-14-16(6-10)7-12(17)18/h2-6,15H,7H2,1H3,(H,17,18). The van der Waals surface area contributed by atoms with E-state index in [1.165, 1.54) is 19.1 Å². The third kappa shape index (κ3) is 3.57. The van der Waals surface area contributed by atoms with Gasteiger partial charge in [0.1, 0.15) is 17.3 Å². The summed E-state index contributed by atoms with van der Waals surface area (Å²) in [7, 11) is -3.91. The number of aryl methyl sites for hydroxylation is 1. The summed E-state index contributed by atoms with van der Waals surface area (Å²) in [6, 6.07) is 3.80. The molecule has 112 valence electrons. The summed E-state index contributed by atoms with van der Waals surface area (Å²) in [6.45, 7) is 1.07. The lowest BCUT2D eigenvalue weighted by Gasteiger charge is -2.07. The van der Waals surface area contributed by atoms with Gasteiger partial charge < -0.3 is 5.11 Å². The minimum atomic E-state index is -3.91. The molecule has 1 aromatic carbocycles. The molecule has 0 fully saturated rings. The zero-order valence-corrected chi connectivity index (χ0v) is 11.8.